The number of aryl methyl sites for hydroxylation is 1. The molecule has 2 nitrogen and oxygen atoms in total. The van der Waals surface area contributed by atoms with E-state index in [9.17, 15) is 4.39 Å². The highest BCUT2D eigenvalue weighted by atomic mass is 79.9. The second-order valence-corrected chi connectivity index (χ2v) is 5.74. The van der Waals surface area contributed by atoms with Crippen LogP contribution in [0.25, 0.3) is 0 Å². The smallest absolute Gasteiger partial charge is 0.124 e. The van der Waals surface area contributed by atoms with Crippen LogP contribution in [0.2, 0.25) is 0 Å². The number of hydrogen-bond donors (Lipinski definition) is 1. The van der Waals surface area contributed by atoms with Crippen LogP contribution in [0.1, 0.15) is 29.7 Å². The van der Waals surface area contributed by atoms with Gasteiger partial charge in [0.05, 0.1) is 13.2 Å². The summed E-state index contributed by atoms with van der Waals surface area (Å²) >= 11 is 3.56. The van der Waals surface area contributed by atoms with Crippen LogP contribution in [0.5, 0.6) is 5.75 Å². The molecule has 0 amide bonds. The molecular formula is C17H19BrFNO. The van der Waals surface area contributed by atoms with Gasteiger partial charge in [-0.15, -0.1) is 0 Å². The van der Waals surface area contributed by atoms with E-state index in [-0.39, 0.29) is 11.9 Å². The van der Waals surface area contributed by atoms with E-state index in [4.69, 9.17) is 4.74 Å². The van der Waals surface area contributed by atoms with E-state index < -0.39 is 0 Å². The Balaban J connectivity index is 2.55. The molecule has 0 heterocycles. The quantitative estimate of drug-likeness (QED) is 0.849. The van der Waals surface area contributed by atoms with Gasteiger partial charge in [0.2, 0.25) is 0 Å². The molecule has 0 fully saturated rings. The third-order valence-corrected chi connectivity index (χ3v) is 4.27. The van der Waals surface area contributed by atoms with E-state index in [1.54, 1.807) is 19.2 Å². The standard InChI is InChI=1S/C17H19BrFNO/c1-4-20-17(12-6-5-7-13(19)9-12)14-10-15(18)11(2)8-16(14)21-3/h5-10,17,20H,4H2,1-3H3. The summed E-state index contributed by atoms with van der Waals surface area (Å²) in [5.74, 6) is 0.562. The molecule has 0 aromatic heterocycles. The lowest BCUT2D eigenvalue weighted by molar-refractivity contribution is 0.404. The molecule has 112 valence electrons. The summed E-state index contributed by atoms with van der Waals surface area (Å²) in [5, 5.41) is 3.40. The van der Waals surface area contributed by atoms with Crippen molar-refractivity contribution in [1.29, 1.82) is 0 Å². The molecule has 2 aromatic rings. The monoisotopic (exact) mass is 351 g/mol. The Bertz CT molecular complexity index is 630. The lowest BCUT2D eigenvalue weighted by atomic mass is 9.96. The Hall–Kier alpha value is -1.39. The van der Waals surface area contributed by atoms with E-state index in [0.29, 0.717) is 0 Å². The van der Waals surface area contributed by atoms with Crippen LogP contribution >= 0.6 is 15.9 Å². The van der Waals surface area contributed by atoms with E-state index in [1.807, 2.05) is 32.0 Å². The topological polar surface area (TPSA) is 21.3 Å². The Morgan fingerprint density at radius 3 is 2.67 bits per heavy atom. The Labute approximate surface area is 133 Å². The number of benzene rings is 2. The van der Waals surface area contributed by atoms with Crippen molar-refractivity contribution in [3.63, 3.8) is 0 Å². The number of ether oxygens (including phenoxy) is 1. The predicted molar refractivity (Wildman–Crippen MR) is 87.4 cm³/mol. The average Bonchev–Trinajstić information content (AvgIpc) is 2.47. The zero-order chi connectivity index (χ0) is 15.4. The first kappa shape index (κ1) is 16.0. The molecule has 0 saturated carbocycles. The van der Waals surface area contributed by atoms with Gasteiger partial charge in [0, 0.05) is 10.0 Å². The molecule has 0 spiro atoms. The maximum absolute atomic E-state index is 13.5. The van der Waals surface area contributed by atoms with Crippen LogP contribution < -0.4 is 10.1 Å². The van der Waals surface area contributed by atoms with Crippen molar-refractivity contribution in [3.8, 4) is 5.75 Å². The fraction of sp³-hybridized carbons (Fsp3) is 0.294. The second-order valence-electron chi connectivity index (χ2n) is 4.89. The zero-order valence-electron chi connectivity index (χ0n) is 12.4. The first-order valence-corrected chi connectivity index (χ1v) is 7.69. The summed E-state index contributed by atoms with van der Waals surface area (Å²) in [4.78, 5) is 0. The summed E-state index contributed by atoms with van der Waals surface area (Å²) in [6, 6.07) is 10.6. The second kappa shape index (κ2) is 7.05. The first-order chi connectivity index (χ1) is 10.1. The number of rotatable bonds is 5. The van der Waals surface area contributed by atoms with Crippen LogP contribution in [0.15, 0.2) is 40.9 Å². The van der Waals surface area contributed by atoms with Crippen molar-refractivity contribution in [3.05, 3.63) is 63.4 Å². The summed E-state index contributed by atoms with van der Waals surface area (Å²) < 4.78 is 20.1. The molecule has 0 aliphatic rings. The van der Waals surface area contributed by atoms with E-state index >= 15 is 0 Å². The van der Waals surface area contributed by atoms with Gasteiger partial charge in [-0.25, -0.2) is 4.39 Å². The summed E-state index contributed by atoms with van der Waals surface area (Å²) in [7, 11) is 1.65. The molecule has 2 aromatic carbocycles. The number of methoxy groups -OCH3 is 1. The molecule has 2 rings (SSSR count). The van der Waals surface area contributed by atoms with Crippen LogP contribution in [0.4, 0.5) is 4.39 Å². The van der Waals surface area contributed by atoms with Gasteiger partial charge >= 0.3 is 0 Å². The molecule has 1 N–H and O–H groups in total. The predicted octanol–water partition coefficient (Wildman–Crippen LogP) is 4.60. The van der Waals surface area contributed by atoms with Crippen molar-refractivity contribution in [2.75, 3.05) is 13.7 Å². The van der Waals surface area contributed by atoms with Crippen molar-refractivity contribution in [1.82, 2.24) is 5.32 Å². The Kier molecular flexibility index (Phi) is 5.37. The van der Waals surface area contributed by atoms with Crippen LogP contribution in [-0.2, 0) is 0 Å². The minimum absolute atomic E-state index is 0.113. The Morgan fingerprint density at radius 2 is 2.05 bits per heavy atom. The van der Waals surface area contributed by atoms with Crippen LogP contribution in [-0.4, -0.2) is 13.7 Å². The third-order valence-electron chi connectivity index (χ3n) is 3.41. The molecule has 0 bridgehead atoms. The number of halogens is 2. The third kappa shape index (κ3) is 3.63. The van der Waals surface area contributed by atoms with Gasteiger partial charge in [-0.05, 0) is 48.9 Å². The number of nitrogens with one attached hydrogen (secondary N) is 1. The van der Waals surface area contributed by atoms with Gasteiger partial charge in [0.15, 0.2) is 0 Å². The van der Waals surface area contributed by atoms with Crippen molar-refractivity contribution in [2.24, 2.45) is 0 Å². The van der Waals surface area contributed by atoms with E-state index in [1.165, 1.54) is 6.07 Å². The normalized spacial score (nSPS) is 12.2. The largest absolute Gasteiger partial charge is 0.496 e. The fourth-order valence-corrected chi connectivity index (χ4v) is 2.73. The number of hydrogen-bond acceptors (Lipinski definition) is 2. The van der Waals surface area contributed by atoms with Gasteiger partial charge in [-0.2, -0.15) is 0 Å². The maximum atomic E-state index is 13.5. The summed E-state index contributed by atoms with van der Waals surface area (Å²) in [6.45, 7) is 4.82. The van der Waals surface area contributed by atoms with Gasteiger partial charge < -0.3 is 10.1 Å². The minimum Gasteiger partial charge on any atom is -0.496 e. The highest BCUT2D eigenvalue weighted by molar-refractivity contribution is 9.10. The van der Waals surface area contributed by atoms with Gasteiger partial charge in [-0.3, -0.25) is 0 Å². The van der Waals surface area contributed by atoms with Crippen molar-refractivity contribution in [2.45, 2.75) is 19.9 Å². The molecule has 21 heavy (non-hydrogen) atoms. The molecule has 1 unspecified atom stereocenters. The van der Waals surface area contributed by atoms with Crippen molar-refractivity contribution >= 4 is 15.9 Å². The highest BCUT2D eigenvalue weighted by Crippen LogP contribution is 2.34. The maximum Gasteiger partial charge on any atom is 0.124 e. The average molecular weight is 352 g/mol. The molecule has 0 aliphatic heterocycles. The molecule has 4 heteroatoms. The molecule has 0 radical (unpaired) electrons. The van der Waals surface area contributed by atoms with Crippen LogP contribution in [0, 0.1) is 12.7 Å². The van der Waals surface area contributed by atoms with E-state index in [2.05, 4.69) is 21.2 Å². The van der Waals surface area contributed by atoms with Crippen molar-refractivity contribution < 1.29 is 9.13 Å². The summed E-state index contributed by atoms with van der Waals surface area (Å²) in [6.07, 6.45) is 0. The fourth-order valence-electron chi connectivity index (χ4n) is 2.37. The molecular weight excluding hydrogens is 333 g/mol. The van der Waals surface area contributed by atoms with E-state index in [0.717, 1.165) is 33.5 Å². The minimum atomic E-state index is -0.236. The van der Waals surface area contributed by atoms with Gasteiger partial charge in [0.25, 0.3) is 0 Å². The molecule has 0 aliphatic carbocycles. The summed E-state index contributed by atoms with van der Waals surface area (Å²) in [5.41, 5.74) is 2.97. The SMILES string of the molecule is CCNC(c1cccc(F)c1)c1cc(Br)c(C)cc1OC. The lowest BCUT2D eigenvalue weighted by Crippen LogP contribution is -2.22. The first-order valence-electron chi connectivity index (χ1n) is 6.89. The van der Waals surface area contributed by atoms with Gasteiger partial charge in [0.1, 0.15) is 11.6 Å². The molecule has 1 atom stereocenters. The Morgan fingerprint density at radius 1 is 1.29 bits per heavy atom. The molecule has 0 saturated heterocycles. The lowest BCUT2D eigenvalue weighted by Gasteiger charge is -2.22. The van der Waals surface area contributed by atoms with Gasteiger partial charge in [-0.1, -0.05) is 35.0 Å². The van der Waals surface area contributed by atoms with Crippen LogP contribution in [0.3, 0.4) is 0 Å². The highest BCUT2D eigenvalue weighted by Gasteiger charge is 2.19. The zero-order valence-corrected chi connectivity index (χ0v) is 14.0.